The minimum atomic E-state index is -0.338. The van der Waals surface area contributed by atoms with Crippen molar-refractivity contribution in [2.75, 3.05) is 6.61 Å². The predicted molar refractivity (Wildman–Crippen MR) is 86.0 cm³/mol. The van der Waals surface area contributed by atoms with Gasteiger partial charge in [-0.1, -0.05) is 24.3 Å². The van der Waals surface area contributed by atoms with Gasteiger partial charge in [0.05, 0.1) is 0 Å². The molecule has 4 nitrogen and oxygen atoms in total. The van der Waals surface area contributed by atoms with Crippen molar-refractivity contribution < 1.29 is 19.0 Å². The lowest BCUT2D eigenvalue weighted by Gasteiger charge is -2.17. The lowest BCUT2D eigenvalue weighted by molar-refractivity contribution is -0.0605. The average molecular weight is 300 g/mol. The summed E-state index contributed by atoms with van der Waals surface area (Å²) in [6.07, 6.45) is 0.684. The Bertz CT molecular complexity index is 674. The van der Waals surface area contributed by atoms with Crippen LogP contribution in [0.3, 0.4) is 0 Å². The molecular weight excluding hydrogens is 280 g/mol. The van der Waals surface area contributed by atoms with Crippen LogP contribution in [0.1, 0.15) is 20.8 Å². The molecule has 0 aliphatic heterocycles. The van der Waals surface area contributed by atoms with Crippen LogP contribution in [-0.4, -0.2) is 24.9 Å². The number of fused-ring (bicyclic) bond motifs is 1. The molecule has 0 spiro atoms. The SMILES string of the molecule is CCOC(C)Oc1cccc2c(OC(C)C=C=O)cccc12. The van der Waals surface area contributed by atoms with Crippen LogP contribution < -0.4 is 9.47 Å². The minimum absolute atomic E-state index is 0.322. The van der Waals surface area contributed by atoms with E-state index in [1.165, 1.54) is 6.08 Å². The first-order valence-electron chi connectivity index (χ1n) is 7.33. The van der Waals surface area contributed by atoms with Crippen LogP contribution in [0.25, 0.3) is 10.8 Å². The van der Waals surface area contributed by atoms with E-state index in [0.29, 0.717) is 12.4 Å². The molecular formula is C18H20O4. The zero-order valence-electron chi connectivity index (χ0n) is 13.0. The van der Waals surface area contributed by atoms with Crippen LogP contribution in [0.4, 0.5) is 0 Å². The second kappa shape index (κ2) is 7.64. The molecule has 0 aliphatic rings. The zero-order chi connectivity index (χ0) is 15.9. The summed E-state index contributed by atoms with van der Waals surface area (Å²) < 4.78 is 17.0. The quantitative estimate of drug-likeness (QED) is 0.577. The molecule has 0 amide bonds. The summed E-state index contributed by atoms with van der Waals surface area (Å²) in [6.45, 7) is 6.17. The minimum Gasteiger partial charge on any atom is -0.485 e. The zero-order valence-corrected chi connectivity index (χ0v) is 13.0. The molecule has 0 saturated heterocycles. The van der Waals surface area contributed by atoms with E-state index in [9.17, 15) is 4.79 Å². The van der Waals surface area contributed by atoms with Crippen LogP contribution in [0, 0.1) is 0 Å². The van der Waals surface area contributed by atoms with Crippen LogP contribution >= 0.6 is 0 Å². The Morgan fingerprint density at radius 1 is 1.05 bits per heavy atom. The molecule has 4 heteroatoms. The number of rotatable bonds is 7. The lowest BCUT2D eigenvalue weighted by Crippen LogP contribution is -2.16. The molecule has 22 heavy (non-hydrogen) atoms. The van der Waals surface area contributed by atoms with Gasteiger partial charge in [-0.2, -0.15) is 0 Å². The maximum Gasteiger partial charge on any atom is 0.196 e. The van der Waals surface area contributed by atoms with E-state index in [0.717, 1.165) is 16.5 Å². The third-order valence-electron chi connectivity index (χ3n) is 3.15. The largest absolute Gasteiger partial charge is 0.485 e. The molecule has 0 heterocycles. The molecule has 2 aromatic rings. The molecule has 116 valence electrons. The standard InChI is InChI=1S/C18H20O4/c1-4-20-14(3)22-18-10-6-7-15-16(18)8-5-9-17(15)21-13(2)11-12-19/h5-11,13-14H,4H2,1-3H3. The van der Waals surface area contributed by atoms with Gasteiger partial charge in [-0.25, -0.2) is 4.79 Å². The highest BCUT2D eigenvalue weighted by molar-refractivity contribution is 5.93. The predicted octanol–water partition coefficient (Wildman–Crippen LogP) is 3.76. The van der Waals surface area contributed by atoms with E-state index >= 15 is 0 Å². The Kier molecular flexibility index (Phi) is 5.59. The lowest BCUT2D eigenvalue weighted by atomic mass is 10.1. The fraction of sp³-hybridized carbons (Fsp3) is 0.333. The second-order valence-electron chi connectivity index (χ2n) is 4.86. The fourth-order valence-corrected chi connectivity index (χ4v) is 2.24. The highest BCUT2D eigenvalue weighted by atomic mass is 16.7. The second-order valence-corrected chi connectivity index (χ2v) is 4.86. The maximum atomic E-state index is 10.4. The normalized spacial score (nSPS) is 13.2. The van der Waals surface area contributed by atoms with Crippen molar-refractivity contribution in [3.63, 3.8) is 0 Å². The highest BCUT2D eigenvalue weighted by Crippen LogP contribution is 2.33. The van der Waals surface area contributed by atoms with Gasteiger partial charge >= 0.3 is 0 Å². The van der Waals surface area contributed by atoms with Crippen molar-refractivity contribution in [1.29, 1.82) is 0 Å². The topological polar surface area (TPSA) is 44.8 Å². The number of benzene rings is 2. The van der Waals surface area contributed by atoms with Gasteiger partial charge in [0, 0.05) is 23.5 Å². The molecule has 0 fully saturated rings. The summed E-state index contributed by atoms with van der Waals surface area (Å²) in [5.74, 6) is 3.18. The Labute approximate surface area is 130 Å². The third-order valence-corrected chi connectivity index (χ3v) is 3.15. The number of carbonyl (C=O) groups excluding carboxylic acids is 1. The van der Waals surface area contributed by atoms with E-state index in [-0.39, 0.29) is 12.4 Å². The van der Waals surface area contributed by atoms with Gasteiger partial charge in [0.25, 0.3) is 0 Å². The van der Waals surface area contributed by atoms with E-state index < -0.39 is 0 Å². The summed E-state index contributed by atoms with van der Waals surface area (Å²) in [5.41, 5.74) is 0. The van der Waals surface area contributed by atoms with Gasteiger partial charge in [0.15, 0.2) is 6.29 Å². The molecule has 2 aromatic carbocycles. The Hall–Kier alpha value is -2.29. The van der Waals surface area contributed by atoms with Crippen molar-refractivity contribution in [3.05, 3.63) is 42.5 Å². The monoisotopic (exact) mass is 300 g/mol. The maximum absolute atomic E-state index is 10.4. The van der Waals surface area contributed by atoms with Gasteiger partial charge in [-0.3, -0.25) is 0 Å². The van der Waals surface area contributed by atoms with Crippen LogP contribution in [0.15, 0.2) is 42.5 Å². The molecule has 0 bridgehead atoms. The average Bonchev–Trinajstić information content (AvgIpc) is 2.48. The molecule has 0 saturated carbocycles. The summed E-state index contributed by atoms with van der Waals surface area (Å²) in [6, 6.07) is 11.5. The first kappa shape index (κ1) is 16.1. The van der Waals surface area contributed by atoms with E-state index in [1.807, 2.05) is 50.2 Å². The molecule has 0 N–H and O–H groups in total. The first-order valence-corrected chi connectivity index (χ1v) is 7.33. The number of ether oxygens (including phenoxy) is 3. The fourth-order valence-electron chi connectivity index (χ4n) is 2.24. The Balaban J connectivity index is 2.35. The van der Waals surface area contributed by atoms with Crippen molar-refractivity contribution >= 4 is 16.7 Å². The Morgan fingerprint density at radius 2 is 1.64 bits per heavy atom. The molecule has 0 aromatic heterocycles. The van der Waals surface area contributed by atoms with Gasteiger partial charge in [0.2, 0.25) is 0 Å². The van der Waals surface area contributed by atoms with E-state index in [1.54, 1.807) is 12.9 Å². The van der Waals surface area contributed by atoms with Crippen LogP contribution in [-0.2, 0) is 9.53 Å². The summed E-state index contributed by atoms with van der Waals surface area (Å²) >= 11 is 0. The number of hydrogen-bond donors (Lipinski definition) is 0. The van der Waals surface area contributed by atoms with Crippen molar-refractivity contribution in [2.24, 2.45) is 0 Å². The van der Waals surface area contributed by atoms with Crippen LogP contribution in [0.2, 0.25) is 0 Å². The van der Waals surface area contributed by atoms with Crippen LogP contribution in [0.5, 0.6) is 11.5 Å². The van der Waals surface area contributed by atoms with Crippen molar-refractivity contribution in [3.8, 4) is 11.5 Å². The van der Waals surface area contributed by atoms with E-state index in [4.69, 9.17) is 14.2 Å². The Morgan fingerprint density at radius 3 is 2.18 bits per heavy atom. The van der Waals surface area contributed by atoms with Crippen molar-refractivity contribution in [1.82, 2.24) is 0 Å². The van der Waals surface area contributed by atoms with Gasteiger partial charge in [0.1, 0.15) is 23.5 Å². The molecule has 0 aliphatic carbocycles. The van der Waals surface area contributed by atoms with E-state index in [2.05, 4.69) is 0 Å². The van der Waals surface area contributed by atoms with Gasteiger partial charge in [-0.15, -0.1) is 0 Å². The molecule has 0 radical (unpaired) electrons. The molecule has 2 rings (SSSR count). The van der Waals surface area contributed by atoms with Crippen molar-refractivity contribution in [2.45, 2.75) is 33.2 Å². The number of hydrogen-bond acceptors (Lipinski definition) is 4. The third kappa shape index (κ3) is 3.88. The van der Waals surface area contributed by atoms with Gasteiger partial charge < -0.3 is 14.2 Å². The summed E-state index contributed by atoms with van der Waals surface area (Å²) in [7, 11) is 0. The summed E-state index contributed by atoms with van der Waals surface area (Å²) in [5, 5.41) is 1.86. The summed E-state index contributed by atoms with van der Waals surface area (Å²) in [4.78, 5) is 10.4. The smallest absolute Gasteiger partial charge is 0.196 e. The first-order chi connectivity index (χ1) is 10.7. The highest BCUT2D eigenvalue weighted by Gasteiger charge is 2.11. The van der Waals surface area contributed by atoms with Gasteiger partial charge in [-0.05, 0) is 32.9 Å². The molecule has 2 atom stereocenters. The molecule has 2 unspecified atom stereocenters.